The van der Waals surface area contributed by atoms with Gasteiger partial charge in [0, 0.05) is 30.7 Å². The van der Waals surface area contributed by atoms with Gasteiger partial charge in [-0.1, -0.05) is 6.07 Å². The number of carboxylic acid groups (broad SMARTS) is 1. The van der Waals surface area contributed by atoms with Gasteiger partial charge in [-0.05, 0) is 108 Å². The highest BCUT2D eigenvalue weighted by Gasteiger charge is 2.46. The van der Waals surface area contributed by atoms with Gasteiger partial charge in [0.1, 0.15) is 11.9 Å². The van der Waals surface area contributed by atoms with Crippen LogP contribution in [0.1, 0.15) is 75.5 Å². The van der Waals surface area contributed by atoms with Crippen molar-refractivity contribution in [2.75, 3.05) is 38.0 Å². The number of hydrogen-bond donors (Lipinski definition) is 4. The Morgan fingerprint density at radius 1 is 1.13 bits per heavy atom. The van der Waals surface area contributed by atoms with Crippen LogP contribution >= 0.6 is 0 Å². The second kappa shape index (κ2) is 12.0. The number of aromatic nitrogens is 1. The first-order chi connectivity index (χ1) is 18.4. The molecule has 2 atom stereocenters. The van der Waals surface area contributed by atoms with Crippen molar-refractivity contribution in [2.24, 2.45) is 17.3 Å². The van der Waals surface area contributed by atoms with E-state index in [9.17, 15) is 19.5 Å². The molecule has 1 saturated heterocycles. The smallest absolute Gasteiger partial charge is 0.328 e. The number of fused-ring (bicyclic) bond motifs is 4. The van der Waals surface area contributed by atoms with Gasteiger partial charge >= 0.3 is 5.97 Å². The zero-order valence-electron chi connectivity index (χ0n) is 22.5. The topological polar surface area (TPSA) is 124 Å². The summed E-state index contributed by atoms with van der Waals surface area (Å²) in [5.41, 5.74) is 1.99. The number of pyridine rings is 1. The third-order valence-corrected chi connectivity index (χ3v) is 9.39. The Kier molecular flexibility index (Phi) is 8.51. The van der Waals surface area contributed by atoms with Crippen molar-refractivity contribution in [1.82, 2.24) is 20.5 Å². The van der Waals surface area contributed by atoms with Crippen molar-refractivity contribution in [3.63, 3.8) is 0 Å². The summed E-state index contributed by atoms with van der Waals surface area (Å²) in [4.78, 5) is 45.0. The van der Waals surface area contributed by atoms with E-state index < -0.39 is 17.4 Å². The van der Waals surface area contributed by atoms with Crippen LogP contribution < -0.4 is 16.0 Å². The van der Waals surface area contributed by atoms with E-state index in [2.05, 4.69) is 33.0 Å². The van der Waals surface area contributed by atoms with Crippen LogP contribution in [-0.2, 0) is 27.2 Å². The molecule has 9 nitrogen and oxygen atoms in total. The minimum absolute atomic E-state index is 0.0762. The van der Waals surface area contributed by atoms with Crippen LogP contribution in [0.15, 0.2) is 12.1 Å². The quantitative estimate of drug-likeness (QED) is 0.370. The fourth-order valence-corrected chi connectivity index (χ4v) is 6.91. The van der Waals surface area contributed by atoms with E-state index >= 15 is 0 Å². The van der Waals surface area contributed by atoms with Crippen LogP contribution in [0.5, 0.6) is 0 Å². The van der Waals surface area contributed by atoms with Gasteiger partial charge in [-0.15, -0.1) is 0 Å². The van der Waals surface area contributed by atoms with Gasteiger partial charge in [0.05, 0.1) is 5.92 Å². The van der Waals surface area contributed by atoms with E-state index in [-0.39, 0.29) is 24.3 Å². The Balaban J connectivity index is 1.06. The average molecular weight is 526 g/mol. The van der Waals surface area contributed by atoms with E-state index in [1.807, 2.05) is 0 Å². The van der Waals surface area contributed by atoms with Gasteiger partial charge in [0.2, 0.25) is 11.8 Å². The number of likely N-dealkylation sites (tertiary alicyclic amines) is 1. The number of carboxylic acids is 1. The Morgan fingerprint density at radius 2 is 1.92 bits per heavy atom. The summed E-state index contributed by atoms with van der Waals surface area (Å²) >= 11 is 0. The summed E-state index contributed by atoms with van der Waals surface area (Å²) in [6, 6.07) is 3.23. The highest BCUT2D eigenvalue weighted by Crippen LogP contribution is 2.50. The van der Waals surface area contributed by atoms with Gasteiger partial charge in [0.25, 0.3) is 0 Å². The number of amides is 2. The monoisotopic (exact) mass is 525 g/mol. The summed E-state index contributed by atoms with van der Waals surface area (Å²) in [7, 11) is 0. The van der Waals surface area contributed by atoms with E-state index in [1.54, 1.807) is 0 Å². The lowest BCUT2D eigenvalue weighted by Gasteiger charge is -2.45. The number of aryl methyl sites for hydroxylation is 2. The van der Waals surface area contributed by atoms with Gasteiger partial charge in [-0.25, -0.2) is 9.78 Å². The highest BCUT2D eigenvalue weighted by atomic mass is 16.4. The van der Waals surface area contributed by atoms with Crippen LogP contribution in [0.25, 0.3) is 0 Å². The molecule has 2 bridgehead atoms. The van der Waals surface area contributed by atoms with Crippen LogP contribution in [0.3, 0.4) is 0 Å². The molecule has 5 aliphatic rings. The molecule has 3 heterocycles. The number of piperidine rings is 1. The molecular weight excluding hydrogens is 482 g/mol. The third kappa shape index (κ3) is 6.30. The Bertz CT molecular complexity index is 1010. The van der Waals surface area contributed by atoms with Crippen molar-refractivity contribution in [2.45, 2.75) is 83.1 Å². The summed E-state index contributed by atoms with van der Waals surface area (Å²) in [5, 5.41) is 18.7. The summed E-state index contributed by atoms with van der Waals surface area (Å²) in [6.45, 7) is 3.47. The first kappa shape index (κ1) is 26.9. The van der Waals surface area contributed by atoms with Crippen LogP contribution in [0.2, 0.25) is 0 Å². The molecule has 0 radical (unpaired) electrons. The van der Waals surface area contributed by atoms with E-state index in [1.165, 1.54) is 5.56 Å². The molecule has 1 aromatic heterocycles. The largest absolute Gasteiger partial charge is 0.480 e. The van der Waals surface area contributed by atoms with Crippen LogP contribution in [0, 0.1) is 17.3 Å². The van der Waals surface area contributed by atoms with E-state index in [0.29, 0.717) is 6.54 Å². The van der Waals surface area contributed by atoms with Gasteiger partial charge in [-0.2, -0.15) is 0 Å². The average Bonchev–Trinajstić information content (AvgIpc) is 2.96. The van der Waals surface area contributed by atoms with E-state index in [4.69, 9.17) is 4.98 Å². The molecule has 2 unspecified atom stereocenters. The molecular formula is C29H43N5O4. The molecule has 9 heteroatoms. The lowest BCUT2D eigenvalue weighted by molar-refractivity contribution is -0.146. The van der Waals surface area contributed by atoms with Gasteiger partial charge < -0.3 is 26.0 Å². The number of carbonyl (C=O) groups is 3. The minimum Gasteiger partial charge on any atom is -0.480 e. The second-order valence-electron chi connectivity index (χ2n) is 12.0. The molecule has 38 heavy (non-hydrogen) atoms. The third-order valence-electron chi connectivity index (χ3n) is 9.39. The van der Waals surface area contributed by atoms with Crippen LogP contribution in [0.4, 0.5) is 5.82 Å². The standard InChI is InChI=1S/C29H43N5O4/c35-26(31-18-24(27(36)37)33-28(38)29-12-9-20(10-13-29)11-14-29)22-5-2-16-34(19-22)17-3-6-23-8-7-21-4-1-15-30-25(21)32-23/h7-8,20,22,24H,1-6,9-19H2,(H,30,32)(H,31,35)(H,33,38)(H,36,37). The van der Waals surface area contributed by atoms with Gasteiger partial charge in [-0.3, -0.25) is 9.59 Å². The zero-order chi connectivity index (χ0) is 26.5. The molecule has 4 N–H and O–H groups in total. The Labute approximate surface area is 225 Å². The summed E-state index contributed by atoms with van der Waals surface area (Å²) < 4.78 is 0. The fourth-order valence-electron chi connectivity index (χ4n) is 6.91. The maximum Gasteiger partial charge on any atom is 0.328 e. The Morgan fingerprint density at radius 3 is 2.68 bits per heavy atom. The number of hydrogen-bond acceptors (Lipinski definition) is 6. The highest BCUT2D eigenvalue weighted by molar-refractivity contribution is 5.88. The first-order valence-electron chi connectivity index (χ1n) is 14.7. The fraction of sp³-hybridized carbons (Fsp3) is 0.724. The summed E-state index contributed by atoms with van der Waals surface area (Å²) in [5.74, 6) is 0.235. The second-order valence-corrected chi connectivity index (χ2v) is 12.0. The SMILES string of the molecule is O=C(NCC(NC(=O)C12CCC(CC1)CC2)C(=O)O)C1CCCN(CCCc2ccc3c(n2)NCCC3)C1. The number of nitrogens with one attached hydrogen (secondary N) is 3. The molecule has 2 amide bonds. The molecule has 3 saturated carbocycles. The maximum absolute atomic E-state index is 13.1. The number of anilines is 1. The summed E-state index contributed by atoms with van der Waals surface area (Å²) in [6.07, 6.45) is 11.6. The molecule has 6 rings (SSSR count). The predicted molar refractivity (Wildman–Crippen MR) is 145 cm³/mol. The van der Waals surface area contributed by atoms with Gasteiger partial charge in [0.15, 0.2) is 0 Å². The molecule has 0 aromatic carbocycles. The first-order valence-corrected chi connectivity index (χ1v) is 14.7. The normalized spacial score (nSPS) is 27.6. The van der Waals surface area contributed by atoms with Crippen molar-refractivity contribution in [1.29, 1.82) is 0 Å². The van der Waals surface area contributed by atoms with Crippen LogP contribution in [-0.4, -0.2) is 71.5 Å². The number of aliphatic carboxylic acids is 1. The molecule has 4 fully saturated rings. The molecule has 2 aliphatic heterocycles. The zero-order valence-corrected chi connectivity index (χ0v) is 22.5. The van der Waals surface area contributed by atoms with Crippen molar-refractivity contribution < 1.29 is 19.5 Å². The minimum atomic E-state index is -1.10. The maximum atomic E-state index is 13.1. The molecule has 0 spiro atoms. The number of rotatable bonds is 10. The van der Waals surface area contributed by atoms with Crippen molar-refractivity contribution in [3.8, 4) is 0 Å². The van der Waals surface area contributed by atoms with E-state index in [0.717, 1.165) is 114 Å². The van der Waals surface area contributed by atoms with Crippen molar-refractivity contribution >= 4 is 23.6 Å². The Hall–Kier alpha value is -2.68. The van der Waals surface area contributed by atoms with Crippen molar-refractivity contribution in [3.05, 3.63) is 23.4 Å². The molecule has 3 aliphatic carbocycles. The predicted octanol–water partition coefficient (Wildman–Crippen LogP) is 2.74. The molecule has 208 valence electrons. The number of nitrogens with zero attached hydrogens (tertiary/aromatic N) is 2. The lowest BCUT2D eigenvalue weighted by Crippen LogP contribution is -2.55. The lowest BCUT2D eigenvalue weighted by atomic mass is 9.60. The number of carbonyl (C=O) groups excluding carboxylic acids is 2. The molecule has 1 aromatic rings.